The Labute approximate surface area is 89.6 Å². The predicted molar refractivity (Wildman–Crippen MR) is 56.3 cm³/mol. The Balaban J connectivity index is 1.60. The zero-order valence-electron chi connectivity index (χ0n) is 8.85. The normalized spacial score (nSPS) is 31.7. The van der Waals surface area contributed by atoms with Crippen LogP contribution in [0.25, 0.3) is 0 Å². The Morgan fingerprint density at radius 2 is 2.53 bits per heavy atom. The molecule has 1 N–H and O–H groups in total. The highest BCUT2D eigenvalue weighted by molar-refractivity contribution is 4.97. The molecule has 1 aromatic rings. The van der Waals surface area contributed by atoms with Crippen LogP contribution in [-0.4, -0.2) is 35.7 Å². The molecular weight excluding hydrogens is 190 g/mol. The highest BCUT2D eigenvalue weighted by atomic mass is 16.5. The summed E-state index contributed by atoms with van der Waals surface area (Å²) in [6.07, 6.45) is 4.43. The second-order valence-electron chi connectivity index (χ2n) is 4.64. The Bertz CT molecular complexity index is 298. The third kappa shape index (κ3) is 1.92. The fourth-order valence-corrected chi connectivity index (χ4v) is 2.81. The predicted octanol–water partition coefficient (Wildman–Crippen LogP) is 0.858. The Hall–Kier alpha value is -0.870. The topological polar surface area (TPSA) is 41.3 Å². The van der Waals surface area contributed by atoms with E-state index >= 15 is 0 Å². The van der Waals surface area contributed by atoms with Crippen molar-refractivity contribution in [3.63, 3.8) is 0 Å². The monoisotopic (exact) mass is 207 g/mol. The van der Waals surface area contributed by atoms with Crippen molar-refractivity contribution in [2.45, 2.75) is 25.4 Å². The van der Waals surface area contributed by atoms with Gasteiger partial charge in [-0.3, -0.25) is 4.90 Å². The van der Waals surface area contributed by atoms with Crippen LogP contribution in [0.15, 0.2) is 16.8 Å². The molecule has 2 atom stereocenters. The van der Waals surface area contributed by atoms with E-state index in [-0.39, 0.29) is 0 Å². The first-order valence-corrected chi connectivity index (χ1v) is 5.77. The van der Waals surface area contributed by atoms with Gasteiger partial charge in [-0.05, 0) is 25.3 Å². The maximum atomic E-state index is 5.14. The third-order valence-electron chi connectivity index (χ3n) is 3.55. The molecule has 2 aliphatic heterocycles. The van der Waals surface area contributed by atoms with Crippen molar-refractivity contribution in [3.05, 3.63) is 18.0 Å². The fourth-order valence-electron chi connectivity index (χ4n) is 2.81. The van der Waals surface area contributed by atoms with Crippen LogP contribution in [0.5, 0.6) is 0 Å². The largest absolute Gasteiger partial charge is 0.360 e. The minimum atomic E-state index is 0.710. The van der Waals surface area contributed by atoms with Gasteiger partial charge in [-0.1, -0.05) is 5.16 Å². The molecule has 2 aliphatic rings. The summed E-state index contributed by atoms with van der Waals surface area (Å²) in [5, 5.41) is 7.34. The average Bonchev–Trinajstić information content (AvgIpc) is 2.86. The van der Waals surface area contributed by atoms with Gasteiger partial charge in [-0.15, -0.1) is 0 Å². The summed E-state index contributed by atoms with van der Waals surface area (Å²) in [5.74, 6) is 1.83. The number of likely N-dealkylation sites (tertiary alicyclic amines) is 1. The summed E-state index contributed by atoms with van der Waals surface area (Å²) in [5.41, 5.74) is 0. The van der Waals surface area contributed by atoms with E-state index in [1.165, 1.54) is 25.9 Å². The Kier molecular flexibility index (Phi) is 2.46. The summed E-state index contributed by atoms with van der Waals surface area (Å²) in [7, 11) is 0. The highest BCUT2D eigenvalue weighted by Crippen LogP contribution is 2.25. The number of aromatic nitrogens is 1. The van der Waals surface area contributed by atoms with Crippen LogP contribution in [0, 0.1) is 5.92 Å². The van der Waals surface area contributed by atoms with Gasteiger partial charge in [0, 0.05) is 25.2 Å². The first-order chi connectivity index (χ1) is 7.42. The molecule has 0 radical (unpaired) electrons. The summed E-state index contributed by atoms with van der Waals surface area (Å²) in [4.78, 5) is 2.47. The standard InChI is InChI=1S/C11H17N3O/c1-2-9-6-14(8-11(9)12-4-1)7-10-3-5-13-15-10/h3,5,9,11-12H,1-2,4,6-8H2/t9-,11+/m0/s1. The molecule has 0 aliphatic carbocycles. The van der Waals surface area contributed by atoms with Crippen molar-refractivity contribution in [1.29, 1.82) is 0 Å². The van der Waals surface area contributed by atoms with Gasteiger partial charge in [-0.2, -0.15) is 0 Å². The van der Waals surface area contributed by atoms with Gasteiger partial charge < -0.3 is 9.84 Å². The first kappa shape index (κ1) is 9.36. The molecule has 0 saturated carbocycles. The quantitative estimate of drug-likeness (QED) is 0.781. The molecule has 1 aromatic heterocycles. The van der Waals surface area contributed by atoms with Crippen molar-refractivity contribution in [2.24, 2.45) is 5.92 Å². The number of rotatable bonds is 2. The highest BCUT2D eigenvalue weighted by Gasteiger charge is 2.34. The zero-order chi connectivity index (χ0) is 10.1. The van der Waals surface area contributed by atoms with Crippen molar-refractivity contribution in [3.8, 4) is 0 Å². The minimum Gasteiger partial charge on any atom is -0.360 e. The first-order valence-electron chi connectivity index (χ1n) is 5.77. The molecule has 0 amide bonds. The summed E-state index contributed by atoms with van der Waals surface area (Å²) < 4.78 is 5.14. The molecule has 2 fully saturated rings. The minimum absolute atomic E-state index is 0.710. The lowest BCUT2D eigenvalue weighted by Crippen LogP contribution is -2.40. The van der Waals surface area contributed by atoms with Crippen molar-refractivity contribution in [2.75, 3.05) is 19.6 Å². The number of hydrogen-bond acceptors (Lipinski definition) is 4. The Morgan fingerprint density at radius 3 is 3.33 bits per heavy atom. The average molecular weight is 207 g/mol. The van der Waals surface area contributed by atoms with E-state index in [1.807, 2.05) is 6.07 Å². The van der Waals surface area contributed by atoms with E-state index in [4.69, 9.17) is 4.52 Å². The molecule has 3 rings (SSSR count). The zero-order valence-corrected chi connectivity index (χ0v) is 8.85. The van der Waals surface area contributed by atoms with E-state index in [0.717, 1.165) is 24.8 Å². The van der Waals surface area contributed by atoms with Gasteiger partial charge in [0.1, 0.15) is 0 Å². The van der Waals surface area contributed by atoms with Gasteiger partial charge in [0.25, 0.3) is 0 Å². The molecule has 4 nitrogen and oxygen atoms in total. The molecule has 15 heavy (non-hydrogen) atoms. The third-order valence-corrected chi connectivity index (χ3v) is 3.55. The van der Waals surface area contributed by atoms with E-state index in [2.05, 4.69) is 15.4 Å². The molecule has 0 spiro atoms. The van der Waals surface area contributed by atoms with Crippen molar-refractivity contribution in [1.82, 2.24) is 15.4 Å². The van der Waals surface area contributed by atoms with E-state index in [0.29, 0.717) is 6.04 Å². The summed E-state index contributed by atoms with van der Waals surface area (Å²) in [6, 6.07) is 2.66. The SMILES string of the molecule is c1cc(CN2C[C@@H]3CCCN[C@@H]3C2)on1. The number of hydrogen-bond donors (Lipinski definition) is 1. The molecular formula is C11H17N3O. The maximum absolute atomic E-state index is 5.14. The van der Waals surface area contributed by atoms with Gasteiger partial charge in [0.15, 0.2) is 5.76 Å². The summed E-state index contributed by atoms with van der Waals surface area (Å²) in [6.45, 7) is 4.47. The van der Waals surface area contributed by atoms with Crippen molar-refractivity contribution >= 4 is 0 Å². The van der Waals surface area contributed by atoms with Crippen LogP contribution in [0.2, 0.25) is 0 Å². The van der Waals surface area contributed by atoms with Crippen LogP contribution in [0.1, 0.15) is 18.6 Å². The van der Waals surface area contributed by atoms with E-state index in [9.17, 15) is 0 Å². The van der Waals surface area contributed by atoms with Crippen LogP contribution < -0.4 is 5.32 Å². The molecule has 2 saturated heterocycles. The van der Waals surface area contributed by atoms with Gasteiger partial charge in [0.05, 0.1) is 12.7 Å². The second-order valence-corrected chi connectivity index (χ2v) is 4.64. The second kappa shape index (κ2) is 3.94. The molecule has 0 aromatic carbocycles. The smallest absolute Gasteiger partial charge is 0.150 e. The lowest BCUT2D eigenvalue weighted by Gasteiger charge is -2.24. The number of fused-ring (bicyclic) bond motifs is 1. The number of nitrogens with one attached hydrogen (secondary N) is 1. The van der Waals surface area contributed by atoms with Gasteiger partial charge in [-0.25, -0.2) is 0 Å². The van der Waals surface area contributed by atoms with E-state index in [1.54, 1.807) is 6.20 Å². The Morgan fingerprint density at radius 1 is 1.53 bits per heavy atom. The van der Waals surface area contributed by atoms with E-state index < -0.39 is 0 Å². The maximum Gasteiger partial charge on any atom is 0.150 e. The van der Waals surface area contributed by atoms with Crippen LogP contribution >= 0.6 is 0 Å². The lowest BCUT2D eigenvalue weighted by atomic mass is 9.94. The molecule has 3 heterocycles. The summed E-state index contributed by atoms with van der Waals surface area (Å²) >= 11 is 0. The lowest BCUT2D eigenvalue weighted by molar-refractivity contribution is 0.264. The number of piperidine rings is 1. The van der Waals surface area contributed by atoms with Crippen LogP contribution in [0.4, 0.5) is 0 Å². The van der Waals surface area contributed by atoms with Crippen LogP contribution in [0.3, 0.4) is 0 Å². The number of nitrogens with zero attached hydrogens (tertiary/aromatic N) is 2. The van der Waals surface area contributed by atoms with Crippen molar-refractivity contribution < 1.29 is 4.52 Å². The molecule has 4 heteroatoms. The van der Waals surface area contributed by atoms with Gasteiger partial charge >= 0.3 is 0 Å². The van der Waals surface area contributed by atoms with Crippen LogP contribution in [-0.2, 0) is 6.54 Å². The molecule has 82 valence electrons. The molecule has 0 bridgehead atoms. The fraction of sp³-hybridized carbons (Fsp3) is 0.727. The van der Waals surface area contributed by atoms with Gasteiger partial charge in [0.2, 0.25) is 0 Å². The molecule has 0 unspecified atom stereocenters.